The largest absolute Gasteiger partial charge is 0.463 e. The van der Waals surface area contributed by atoms with Crippen LogP contribution in [0.25, 0.3) is 0 Å². The maximum atomic E-state index is 6.15. The molecule has 0 N–H and O–H groups in total. The zero-order valence-corrected chi connectivity index (χ0v) is 14.5. The molecule has 2 nitrogen and oxygen atoms in total. The zero-order valence-electron chi connectivity index (χ0n) is 13.7. The number of rotatable bonds is 6. The van der Waals surface area contributed by atoms with E-state index < -0.39 is 5.79 Å². The quantitative estimate of drug-likeness (QED) is 0.499. The lowest BCUT2D eigenvalue weighted by atomic mass is 9.97. The summed E-state index contributed by atoms with van der Waals surface area (Å²) in [5.74, 6) is 0.318. The summed E-state index contributed by atoms with van der Waals surface area (Å²) in [5.41, 5.74) is 0. The Morgan fingerprint density at radius 2 is 1.67 bits per heavy atom. The minimum Gasteiger partial charge on any atom is -0.463 e. The number of hydrogen-bond donors (Lipinski definition) is 0. The van der Waals surface area contributed by atoms with Crippen LogP contribution in [-0.4, -0.2) is 17.1 Å². The fourth-order valence-corrected chi connectivity index (χ4v) is 3.59. The Bertz CT molecular complexity index is 419. The van der Waals surface area contributed by atoms with Crippen molar-refractivity contribution in [1.29, 1.82) is 0 Å². The van der Waals surface area contributed by atoms with Gasteiger partial charge in [-0.15, -0.1) is 11.8 Å². The highest BCUT2D eigenvalue weighted by Gasteiger charge is 2.26. The minimum absolute atomic E-state index is 0.351. The third-order valence-electron chi connectivity index (χ3n) is 3.56. The molecule has 1 aliphatic rings. The Morgan fingerprint density at radius 3 is 2.24 bits per heavy atom. The maximum absolute atomic E-state index is 6.15. The molecule has 1 aromatic carbocycles. The molecule has 0 spiro atoms. The molecule has 0 saturated heterocycles. The third-order valence-corrected chi connectivity index (χ3v) is 4.58. The molecule has 0 aromatic heterocycles. The Morgan fingerprint density at radius 1 is 1.05 bits per heavy atom. The van der Waals surface area contributed by atoms with Gasteiger partial charge in [-0.3, -0.25) is 0 Å². The summed E-state index contributed by atoms with van der Waals surface area (Å²) in [7, 11) is 0. The standard InChI is InChI=1S/C18H28O2S/c1-14(2)21-17-12-10-16(11-13-17)20-18(3,4)19-15-8-6-5-7-9-15/h10-15H,5-9H2,1-4H3. The number of benzene rings is 1. The minimum atomic E-state index is -0.561. The van der Waals surface area contributed by atoms with Gasteiger partial charge in [0.05, 0.1) is 6.10 Å². The van der Waals surface area contributed by atoms with Gasteiger partial charge in [0, 0.05) is 24.0 Å². The second kappa shape index (κ2) is 7.55. The lowest BCUT2D eigenvalue weighted by Gasteiger charge is -2.33. The van der Waals surface area contributed by atoms with Gasteiger partial charge in [-0.2, -0.15) is 0 Å². The van der Waals surface area contributed by atoms with Crippen LogP contribution in [0.2, 0.25) is 0 Å². The van der Waals surface area contributed by atoms with Crippen LogP contribution in [0.3, 0.4) is 0 Å². The van der Waals surface area contributed by atoms with Crippen LogP contribution < -0.4 is 4.74 Å². The summed E-state index contributed by atoms with van der Waals surface area (Å²) in [6.45, 7) is 8.43. The zero-order chi connectivity index (χ0) is 15.3. The van der Waals surface area contributed by atoms with Crippen LogP contribution in [0.5, 0.6) is 5.75 Å². The van der Waals surface area contributed by atoms with Crippen molar-refractivity contribution in [3.63, 3.8) is 0 Å². The highest BCUT2D eigenvalue weighted by atomic mass is 32.2. The molecule has 118 valence electrons. The van der Waals surface area contributed by atoms with Crippen molar-refractivity contribution >= 4 is 11.8 Å². The van der Waals surface area contributed by atoms with Crippen molar-refractivity contribution in [3.05, 3.63) is 24.3 Å². The summed E-state index contributed by atoms with van der Waals surface area (Å²) < 4.78 is 12.2. The Hall–Kier alpha value is -0.670. The lowest BCUT2D eigenvalue weighted by Crippen LogP contribution is -2.37. The van der Waals surface area contributed by atoms with Crippen LogP contribution in [-0.2, 0) is 4.74 Å². The summed E-state index contributed by atoms with van der Waals surface area (Å²) in [4.78, 5) is 1.28. The van der Waals surface area contributed by atoms with Gasteiger partial charge in [-0.1, -0.05) is 33.1 Å². The molecule has 1 fully saturated rings. The van der Waals surface area contributed by atoms with Gasteiger partial charge in [-0.25, -0.2) is 0 Å². The summed E-state index contributed by atoms with van der Waals surface area (Å²) in [6, 6.07) is 8.32. The second-order valence-corrected chi connectivity index (χ2v) is 8.17. The Labute approximate surface area is 133 Å². The lowest BCUT2D eigenvalue weighted by molar-refractivity contribution is -0.193. The second-order valence-electron chi connectivity index (χ2n) is 6.52. The Balaban J connectivity index is 1.89. The van der Waals surface area contributed by atoms with E-state index in [0.717, 1.165) is 18.6 Å². The van der Waals surface area contributed by atoms with Crippen LogP contribution in [0.4, 0.5) is 0 Å². The van der Waals surface area contributed by atoms with E-state index in [1.807, 2.05) is 37.7 Å². The average Bonchev–Trinajstić information content (AvgIpc) is 2.40. The predicted octanol–water partition coefficient (Wildman–Crippen LogP) is 5.65. The van der Waals surface area contributed by atoms with E-state index in [1.165, 1.54) is 24.2 Å². The molecule has 1 saturated carbocycles. The molecule has 3 heteroatoms. The number of thioether (sulfide) groups is 1. The number of ether oxygens (including phenoxy) is 2. The van der Waals surface area contributed by atoms with Gasteiger partial charge < -0.3 is 9.47 Å². The highest BCUT2D eigenvalue weighted by Crippen LogP contribution is 2.29. The van der Waals surface area contributed by atoms with Gasteiger partial charge in [0.15, 0.2) is 0 Å². The van der Waals surface area contributed by atoms with Gasteiger partial charge in [-0.05, 0) is 37.1 Å². The molecule has 0 heterocycles. The molecule has 0 bridgehead atoms. The van der Waals surface area contributed by atoms with E-state index in [9.17, 15) is 0 Å². The van der Waals surface area contributed by atoms with E-state index in [-0.39, 0.29) is 0 Å². The van der Waals surface area contributed by atoms with Crippen molar-refractivity contribution in [2.45, 2.75) is 81.8 Å². The molecule has 0 aliphatic heterocycles. The SMILES string of the molecule is CC(C)Sc1ccc(OC(C)(C)OC2CCCCC2)cc1. The maximum Gasteiger partial charge on any atom is 0.205 e. The summed E-state index contributed by atoms with van der Waals surface area (Å²) in [5, 5.41) is 0.600. The van der Waals surface area contributed by atoms with Crippen LogP contribution in [0, 0.1) is 0 Å². The van der Waals surface area contributed by atoms with E-state index in [4.69, 9.17) is 9.47 Å². The summed E-state index contributed by atoms with van der Waals surface area (Å²) >= 11 is 1.87. The molecule has 0 amide bonds. The van der Waals surface area contributed by atoms with Crippen LogP contribution >= 0.6 is 11.8 Å². The predicted molar refractivity (Wildman–Crippen MR) is 90.1 cm³/mol. The fraction of sp³-hybridized carbons (Fsp3) is 0.667. The highest BCUT2D eigenvalue weighted by molar-refractivity contribution is 7.99. The topological polar surface area (TPSA) is 18.5 Å². The first-order chi connectivity index (χ1) is 9.94. The van der Waals surface area contributed by atoms with Crippen molar-refractivity contribution in [2.24, 2.45) is 0 Å². The van der Waals surface area contributed by atoms with Gasteiger partial charge in [0.1, 0.15) is 5.75 Å². The van der Waals surface area contributed by atoms with E-state index in [1.54, 1.807) is 0 Å². The molecule has 0 atom stereocenters. The van der Waals surface area contributed by atoms with Crippen molar-refractivity contribution in [2.75, 3.05) is 0 Å². The molecule has 0 unspecified atom stereocenters. The molecular weight excluding hydrogens is 280 g/mol. The van der Waals surface area contributed by atoms with E-state index in [2.05, 4.69) is 26.0 Å². The van der Waals surface area contributed by atoms with Gasteiger partial charge in [0.25, 0.3) is 0 Å². The van der Waals surface area contributed by atoms with Gasteiger partial charge >= 0.3 is 0 Å². The molecule has 2 rings (SSSR count). The first-order valence-electron chi connectivity index (χ1n) is 8.08. The monoisotopic (exact) mass is 308 g/mol. The summed E-state index contributed by atoms with van der Waals surface area (Å²) in [6.07, 6.45) is 6.58. The number of hydrogen-bond acceptors (Lipinski definition) is 3. The fourth-order valence-electron chi connectivity index (χ4n) is 2.75. The normalized spacial score (nSPS) is 17.2. The smallest absolute Gasteiger partial charge is 0.205 e. The Kier molecular flexibility index (Phi) is 6.00. The molecule has 0 radical (unpaired) electrons. The molecular formula is C18H28O2S. The van der Waals surface area contributed by atoms with Crippen LogP contribution in [0.1, 0.15) is 59.8 Å². The van der Waals surface area contributed by atoms with Crippen molar-refractivity contribution in [1.82, 2.24) is 0 Å². The molecule has 1 aromatic rings. The molecule has 1 aliphatic carbocycles. The average molecular weight is 308 g/mol. The van der Waals surface area contributed by atoms with E-state index >= 15 is 0 Å². The van der Waals surface area contributed by atoms with Crippen molar-refractivity contribution < 1.29 is 9.47 Å². The molecule has 21 heavy (non-hydrogen) atoms. The van der Waals surface area contributed by atoms with Gasteiger partial charge in [0.2, 0.25) is 5.79 Å². The van der Waals surface area contributed by atoms with Crippen LogP contribution in [0.15, 0.2) is 29.2 Å². The first kappa shape index (κ1) is 16.7. The van der Waals surface area contributed by atoms with Crippen molar-refractivity contribution in [3.8, 4) is 5.75 Å². The first-order valence-corrected chi connectivity index (χ1v) is 8.96. The van der Waals surface area contributed by atoms with E-state index in [0.29, 0.717) is 11.4 Å². The third kappa shape index (κ3) is 5.91.